The van der Waals surface area contributed by atoms with Gasteiger partial charge < -0.3 is 5.32 Å². The van der Waals surface area contributed by atoms with Crippen LogP contribution in [0.5, 0.6) is 0 Å². The molecule has 1 unspecified atom stereocenters. The normalized spacial score (nSPS) is 12.4. The average molecular weight is 326 g/mol. The molecule has 0 bridgehead atoms. The molecule has 0 saturated carbocycles. The van der Waals surface area contributed by atoms with Crippen LogP contribution in [0.4, 0.5) is 0 Å². The van der Waals surface area contributed by atoms with Crippen molar-refractivity contribution in [3.8, 4) is 0 Å². The molecule has 1 atom stereocenters. The molecule has 1 N–H and O–H groups in total. The van der Waals surface area contributed by atoms with Crippen molar-refractivity contribution in [1.82, 2.24) is 10.3 Å². The Bertz CT molecular complexity index is 531. The lowest BCUT2D eigenvalue weighted by molar-refractivity contribution is 0.628. The summed E-state index contributed by atoms with van der Waals surface area (Å²) in [6, 6.07) is 10.0. The van der Waals surface area contributed by atoms with Gasteiger partial charge in [0, 0.05) is 21.9 Å². The topological polar surface area (TPSA) is 24.9 Å². The molecule has 0 aliphatic heterocycles. The average Bonchev–Trinajstić information content (AvgIpc) is 2.37. The third-order valence-corrected chi connectivity index (χ3v) is 3.46. The number of benzene rings is 1. The molecule has 0 saturated heterocycles. The third kappa shape index (κ3) is 3.10. The molecule has 0 amide bonds. The van der Waals surface area contributed by atoms with Gasteiger partial charge in [-0.05, 0) is 45.7 Å². The molecule has 0 fully saturated rings. The smallest absolute Gasteiger partial charge is 0.0607 e. The first kappa shape index (κ1) is 13.5. The predicted molar refractivity (Wildman–Crippen MR) is 78.9 cm³/mol. The molecule has 94 valence electrons. The van der Waals surface area contributed by atoms with Gasteiger partial charge in [-0.3, -0.25) is 4.98 Å². The summed E-state index contributed by atoms with van der Waals surface area (Å²) >= 11 is 9.72. The maximum Gasteiger partial charge on any atom is 0.0607 e. The van der Waals surface area contributed by atoms with Crippen LogP contribution in [0.25, 0.3) is 0 Å². The zero-order valence-electron chi connectivity index (χ0n) is 10.0. The van der Waals surface area contributed by atoms with Gasteiger partial charge in [-0.1, -0.05) is 36.7 Å². The summed E-state index contributed by atoms with van der Waals surface area (Å²) in [7, 11) is 0. The highest BCUT2D eigenvalue weighted by atomic mass is 79.9. The standard InChI is InChI=1S/C14H14BrClN2/c1-2-18-14(10-7-11(15)9-17-8-10)12-5-3-4-6-13(12)16/h3-9,14,18H,2H2,1H3. The first-order valence-corrected chi connectivity index (χ1v) is 6.97. The van der Waals surface area contributed by atoms with Gasteiger partial charge in [0.1, 0.15) is 0 Å². The second-order valence-corrected chi connectivity index (χ2v) is 5.27. The molecule has 18 heavy (non-hydrogen) atoms. The van der Waals surface area contributed by atoms with Crippen molar-refractivity contribution in [2.75, 3.05) is 6.54 Å². The van der Waals surface area contributed by atoms with Crippen molar-refractivity contribution in [3.63, 3.8) is 0 Å². The van der Waals surface area contributed by atoms with E-state index in [1.54, 1.807) is 6.20 Å². The minimum Gasteiger partial charge on any atom is -0.306 e. The van der Waals surface area contributed by atoms with E-state index in [4.69, 9.17) is 11.6 Å². The molecule has 0 aliphatic rings. The summed E-state index contributed by atoms with van der Waals surface area (Å²) in [6.07, 6.45) is 3.64. The highest BCUT2D eigenvalue weighted by Crippen LogP contribution is 2.28. The lowest BCUT2D eigenvalue weighted by atomic mass is 10.00. The minimum absolute atomic E-state index is 0.0636. The molecule has 2 nitrogen and oxygen atoms in total. The van der Waals surface area contributed by atoms with E-state index >= 15 is 0 Å². The summed E-state index contributed by atoms with van der Waals surface area (Å²) in [4.78, 5) is 4.21. The highest BCUT2D eigenvalue weighted by molar-refractivity contribution is 9.10. The third-order valence-electron chi connectivity index (χ3n) is 2.68. The van der Waals surface area contributed by atoms with Crippen LogP contribution in [0, 0.1) is 0 Å². The Morgan fingerprint density at radius 1 is 1.33 bits per heavy atom. The monoisotopic (exact) mass is 324 g/mol. The van der Waals surface area contributed by atoms with Crippen molar-refractivity contribution in [2.24, 2.45) is 0 Å². The Kier molecular flexibility index (Phi) is 4.75. The van der Waals surface area contributed by atoms with Crippen LogP contribution < -0.4 is 5.32 Å². The van der Waals surface area contributed by atoms with E-state index in [-0.39, 0.29) is 6.04 Å². The van der Waals surface area contributed by atoms with Gasteiger partial charge in [0.05, 0.1) is 6.04 Å². The molecule has 1 heterocycles. The minimum atomic E-state index is 0.0636. The van der Waals surface area contributed by atoms with Crippen molar-refractivity contribution in [3.05, 3.63) is 63.3 Å². The zero-order valence-corrected chi connectivity index (χ0v) is 12.4. The molecular weight excluding hydrogens is 312 g/mol. The van der Waals surface area contributed by atoms with Gasteiger partial charge >= 0.3 is 0 Å². The summed E-state index contributed by atoms with van der Waals surface area (Å²) in [5, 5.41) is 4.21. The largest absolute Gasteiger partial charge is 0.306 e. The number of aromatic nitrogens is 1. The number of pyridine rings is 1. The second-order valence-electron chi connectivity index (χ2n) is 3.95. The molecular formula is C14H14BrClN2. The van der Waals surface area contributed by atoms with Crippen molar-refractivity contribution >= 4 is 27.5 Å². The molecule has 0 aliphatic carbocycles. The Labute approximate surface area is 121 Å². The Morgan fingerprint density at radius 3 is 2.78 bits per heavy atom. The predicted octanol–water partition coefficient (Wildman–Crippen LogP) is 4.20. The number of rotatable bonds is 4. The van der Waals surface area contributed by atoms with Gasteiger partial charge in [-0.15, -0.1) is 0 Å². The molecule has 0 spiro atoms. The quantitative estimate of drug-likeness (QED) is 0.911. The van der Waals surface area contributed by atoms with E-state index < -0.39 is 0 Å². The second kappa shape index (κ2) is 6.32. The summed E-state index contributed by atoms with van der Waals surface area (Å²) in [5.41, 5.74) is 2.17. The van der Waals surface area contributed by atoms with Crippen LogP contribution >= 0.6 is 27.5 Å². The lowest BCUT2D eigenvalue weighted by Crippen LogP contribution is -2.22. The fraction of sp³-hybridized carbons (Fsp3) is 0.214. The number of nitrogens with zero attached hydrogens (tertiary/aromatic N) is 1. The van der Waals surface area contributed by atoms with E-state index in [9.17, 15) is 0 Å². The lowest BCUT2D eigenvalue weighted by Gasteiger charge is -2.19. The molecule has 2 rings (SSSR count). The van der Waals surface area contributed by atoms with E-state index in [2.05, 4.69) is 39.2 Å². The molecule has 0 radical (unpaired) electrons. The molecule has 1 aromatic carbocycles. The highest BCUT2D eigenvalue weighted by Gasteiger charge is 2.16. The van der Waals surface area contributed by atoms with E-state index in [0.717, 1.165) is 27.2 Å². The summed E-state index contributed by atoms with van der Waals surface area (Å²) in [5.74, 6) is 0. The van der Waals surface area contributed by atoms with Crippen molar-refractivity contribution in [2.45, 2.75) is 13.0 Å². The fourth-order valence-corrected chi connectivity index (χ4v) is 2.53. The van der Waals surface area contributed by atoms with Gasteiger partial charge in [-0.25, -0.2) is 0 Å². The zero-order chi connectivity index (χ0) is 13.0. The van der Waals surface area contributed by atoms with Gasteiger partial charge in [0.2, 0.25) is 0 Å². The van der Waals surface area contributed by atoms with Crippen molar-refractivity contribution < 1.29 is 0 Å². The molecule has 1 aromatic heterocycles. The number of halogens is 2. The first-order chi connectivity index (χ1) is 8.72. The van der Waals surface area contributed by atoms with Gasteiger partial charge in [-0.2, -0.15) is 0 Å². The van der Waals surface area contributed by atoms with E-state index in [0.29, 0.717) is 0 Å². The first-order valence-electron chi connectivity index (χ1n) is 5.80. The maximum atomic E-state index is 6.27. The van der Waals surface area contributed by atoms with Crippen LogP contribution in [-0.4, -0.2) is 11.5 Å². The van der Waals surface area contributed by atoms with Gasteiger partial charge in [0.15, 0.2) is 0 Å². The number of nitrogens with one attached hydrogen (secondary N) is 1. The van der Waals surface area contributed by atoms with Gasteiger partial charge in [0.25, 0.3) is 0 Å². The maximum absolute atomic E-state index is 6.27. The Morgan fingerprint density at radius 2 is 2.11 bits per heavy atom. The molecule has 4 heteroatoms. The Balaban J connectivity index is 2.43. The van der Waals surface area contributed by atoms with Crippen molar-refractivity contribution in [1.29, 1.82) is 0 Å². The molecule has 2 aromatic rings. The fourth-order valence-electron chi connectivity index (χ4n) is 1.91. The number of hydrogen-bond acceptors (Lipinski definition) is 2. The summed E-state index contributed by atoms with van der Waals surface area (Å²) < 4.78 is 0.968. The SMILES string of the molecule is CCNC(c1cncc(Br)c1)c1ccccc1Cl. The van der Waals surface area contributed by atoms with Crippen LogP contribution in [0.15, 0.2) is 47.2 Å². The Hall–Kier alpha value is -0.900. The van der Waals surface area contributed by atoms with E-state index in [1.807, 2.05) is 30.5 Å². The van der Waals surface area contributed by atoms with Crippen LogP contribution in [0.2, 0.25) is 5.02 Å². The van der Waals surface area contributed by atoms with Crippen LogP contribution in [0.3, 0.4) is 0 Å². The van der Waals surface area contributed by atoms with Crippen LogP contribution in [0.1, 0.15) is 24.1 Å². The number of hydrogen-bond donors (Lipinski definition) is 1. The van der Waals surface area contributed by atoms with E-state index in [1.165, 1.54) is 0 Å². The van der Waals surface area contributed by atoms with Crippen LogP contribution in [-0.2, 0) is 0 Å². The summed E-state index contributed by atoms with van der Waals surface area (Å²) in [6.45, 7) is 2.94.